The van der Waals surface area contributed by atoms with Crippen molar-refractivity contribution >= 4 is 23.1 Å². The van der Waals surface area contributed by atoms with Gasteiger partial charge in [0, 0.05) is 12.2 Å². The predicted molar refractivity (Wildman–Crippen MR) is 111 cm³/mol. The van der Waals surface area contributed by atoms with Crippen LogP contribution in [-0.4, -0.2) is 29.9 Å². The first-order valence-corrected chi connectivity index (χ1v) is 9.63. The molecule has 5 heteroatoms. The molecule has 3 rings (SSSR count). The van der Waals surface area contributed by atoms with Crippen LogP contribution in [0.15, 0.2) is 48.2 Å². The van der Waals surface area contributed by atoms with Crippen LogP contribution >= 0.6 is 0 Å². The highest BCUT2D eigenvalue weighted by Gasteiger charge is 2.38. The van der Waals surface area contributed by atoms with Crippen molar-refractivity contribution in [1.29, 1.82) is 0 Å². The summed E-state index contributed by atoms with van der Waals surface area (Å²) in [5.74, 6) is 0.190. The van der Waals surface area contributed by atoms with E-state index in [1.165, 1.54) is 4.90 Å². The van der Waals surface area contributed by atoms with Gasteiger partial charge in [0.25, 0.3) is 11.8 Å². The minimum absolute atomic E-state index is 0.261. The predicted octanol–water partition coefficient (Wildman–Crippen LogP) is 4.30. The highest BCUT2D eigenvalue weighted by Crippen LogP contribution is 2.32. The summed E-state index contributed by atoms with van der Waals surface area (Å²) in [5, 5.41) is 3.22. The lowest BCUT2D eigenvalue weighted by atomic mass is 10.0. The van der Waals surface area contributed by atoms with Gasteiger partial charge < -0.3 is 10.1 Å². The van der Waals surface area contributed by atoms with Crippen molar-refractivity contribution in [2.24, 2.45) is 0 Å². The van der Waals surface area contributed by atoms with E-state index in [0.717, 1.165) is 22.6 Å². The summed E-state index contributed by atoms with van der Waals surface area (Å²) in [6.07, 6.45) is 0.713. The summed E-state index contributed by atoms with van der Waals surface area (Å²) in [6, 6.07) is 13.3. The molecule has 0 atom stereocenters. The van der Waals surface area contributed by atoms with E-state index < -0.39 is 0 Å². The number of amides is 2. The van der Waals surface area contributed by atoms with Crippen molar-refractivity contribution in [2.75, 3.05) is 18.5 Å². The van der Waals surface area contributed by atoms with Crippen molar-refractivity contribution in [3.05, 3.63) is 64.9 Å². The molecule has 5 nitrogen and oxygen atoms in total. The number of carbonyl (C=O) groups excluding carboxylic acids is 2. The molecule has 0 spiro atoms. The van der Waals surface area contributed by atoms with Crippen LogP contribution in [0.2, 0.25) is 0 Å². The van der Waals surface area contributed by atoms with Crippen LogP contribution < -0.4 is 10.1 Å². The van der Waals surface area contributed by atoms with E-state index >= 15 is 0 Å². The first kappa shape index (κ1) is 19.7. The quantitative estimate of drug-likeness (QED) is 0.730. The van der Waals surface area contributed by atoms with Crippen molar-refractivity contribution in [3.8, 4) is 5.75 Å². The van der Waals surface area contributed by atoms with Gasteiger partial charge in [0.1, 0.15) is 11.4 Å². The lowest BCUT2D eigenvalue weighted by molar-refractivity contribution is -0.136. The summed E-state index contributed by atoms with van der Waals surface area (Å²) in [4.78, 5) is 27.3. The fourth-order valence-corrected chi connectivity index (χ4v) is 3.46. The maximum atomic E-state index is 13.0. The average Bonchev–Trinajstić information content (AvgIpc) is 2.87. The number of benzene rings is 2. The topological polar surface area (TPSA) is 58.6 Å². The van der Waals surface area contributed by atoms with E-state index in [1.807, 2.05) is 64.1 Å². The Morgan fingerprint density at radius 3 is 2.14 bits per heavy atom. The molecule has 2 aromatic rings. The van der Waals surface area contributed by atoms with E-state index in [0.29, 0.717) is 36.4 Å². The summed E-state index contributed by atoms with van der Waals surface area (Å²) in [6.45, 7) is 8.85. The lowest BCUT2D eigenvalue weighted by Crippen LogP contribution is -2.33. The molecule has 1 aliphatic heterocycles. The number of anilines is 1. The minimum atomic E-state index is -0.283. The van der Waals surface area contributed by atoms with Crippen LogP contribution in [0.1, 0.15) is 37.0 Å². The number of carbonyl (C=O) groups is 2. The Morgan fingerprint density at radius 1 is 0.929 bits per heavy atom. The van der Waals surface area contributed by atoms with Crippen molar-refractivity contribution < 1.29 is 14.3 Å². The van der Waals surface area contributed by atoms with Gasteiger partial charge in [-0.15, -0.1) is 0 Å². The Labute approximate surface area is 166 Å². The Hall–Kier alpha value is -3.08. The Balaban J connectivity index is 2.04. The largest absolute Gasteiger partial charge is 0.494 e. The van der Waals surface area contributed by atoms with Gasteiger partial charge >= 0.3 is 0 Å². The zero-order valence-electron chi connectivity index (χ0n) is 16.8. The van der Waals surface area contributed by atoms with E-state index in [4.69, 9.17) is 4.74 Å². The summed E-state index contributed by atoms with van der Waals surface area (Å²) in [7, 11) is 0. The van der Waals surface area contributed by atoms with Crippen LogP contribution in [0.4, 0.5) is 5.69 Å². The standard InChI is InChI=1S/C23H26N2O3/c1-5-11-25-22(26)20(17-7-9-19(10-8-17)28-6-2)21(23(25)27)24-18-13-15(3)12-16(4)14-18/h7-10,12-14,24H,5-6,11H2,1-4H3. The lowest BCUT2D eigenvalue weighted by Gasteiger charge is -2.14. The second-order valence-electron chi connectivity index (χ2n) is 6.97. The molecule has 28 heavy (non-hydrogen) atoms. The summed E-state index contributed by atoms with van der Waals surface area (Å²) < 4.78 is 5.49. The molecule has 146 valence electrons. The van der Waals surface area contributed by atoms with Gasteiger partial charge in [-0.1, -0.05) is 25.1 Å². The SMILES string of the molecule is CCCN1C(=O)C(Nc2cc(C)cc(C)c2)=C(c2ccc(OCC)cc2)C1=O. The zero-order chi connectivity index (χ0) is 20.3. The van der Waals surface area contributed by atoms with Gasteiger partial charge in [-0.2, -0.15) is 0 Å². The minimum Gasteiger partial charge on any atom is -0.494 e. The van der Waals surface area contributed by atoms with Crippen molar-refractivity contribution in [2.45, 2.75) is 34.1 Å². The van der Waals surface area contributed by atoms with Crippen LogP contribution in [0, 0.1) is 13.8 Å². The Morgan fingerprint density at radius 2 is 1.57 bits per heavy atom. The van der Waals surface area contributed by atoms with Crippen molar-refractivity contribution in [1.82, 2.24) is 4.90 Å². The molecule has 0 fully saturated rings. The number of nitrogens with zero attached hydrogens (tertiary/aromatic N) is 1. The molecule has 1 N–H and O–H groups in total. The molecule has 0 saturated carbocycles. The number of hydrogen-bond acceptors (Lipinski definition) is 4. The van der Waals surface area contributed by atoms with E-state index in [-0.39, 0.29) is 11.8 Å². The van der Waals surface area contributed by atoms with Crippen LogP contribution in [-0.2, 0) is 9.59 Å². The first-order valence-electron chi connectivity index (χ1n) is 9.63. The average molecular weight is 378 g/mol. The molecule has 1 aliphatic rings. The van der Waals surface area contributed by atoms with Gasteiger partial charge in [0.05, 0.1) is 12.2 Å². The van der Waals surface area contributed by atoms with Gasteiger partial charge in [-0.3, -0.25) is 14.5 Å². The molecule has 0 aliphatic carbocycles. The van der Waals surface area contributed by atoms with Crippen LogP contribution in [0.3, 0.4) is 0 Å². The molecular weight excluding hydrogens is 352 g/mol. The number of ether oxygens (including phenoxy) is 1. The number of nitrogens with one attached hydrogen (secondary N) is 1. The molecule has 1 heterocycles. The molecule has 2 amide bonds. The van der Waals surface area contributed by atoms with Crippen LogP contribution in [0.5, 0.6) is 5.75 Å². The third-order valence-corrected chi connectivity index (χ3v) is 4.56. The van der Waals surface area contributed by atoms with Crippen LogP contribution in [0.25, 0.3) is 5.57 Å². The molecule has 2 aromatic carbocycles. The normalized spacial score (nSPS) is 14.1. The van der Waals surface area contributed by atoms with Gasteiger partial charge in [0.15, 0.2) is 0 Å². The van der Waals surface area contributed by atoms with Gasteiger partial charge in [-0.25, -0.2) is 0 Å². The molecule has 0 bridgehead atoms. The smallest absolute Gasteiger partial charge is 0.278 e. The fourth-order valence-electron chi connectivity index (χ4n) is 3.46. The number of imide groups is 1. The Kier molecular flexibility index (Phi) is 5.83. The number of aryl methyl sites for hydroxylation is 2. The van der Waals surface area contributed by atoms with Gasteiger partial charge in [0.2, 0.25) is 0 Å². The Bertz CT molecular complexity index is 909. The molecule has 0 radical (unpaired) electrons. The second-order valence-corrected chi connectivity index (χ2v) is 6.97. The van der Waals surface area contributed by atoms with E-state index in [1.54, 1.807) is 0 Å². The molecular formula is C23H26N2O3. The molecule has 0 unspecified atom stereocenters. The zero-order valence-corrected chi connectivity index (χ0v) is 16.8. The summed E-state index contributed by atoms with van der Waals surface area (Å²) in [5.41, 5.74) is 4.41. The highest BCUT2D eigenvalue weighted by molar-refractivity contribution is 6.36. The maximum Gasteiger partial charge on any atom is 0.278 e. The van der Waals surface area contributed by atoms with E-state index in [2.05, 4.69) is 11.4 Å². The van der Waals surface area contributed by atoms with Crippen molar-refractivity contribution in [3.63, 3.8) is 0 Å². The number of hydrogen-bond donors (Lipinski definition) is 1. The fraction of sp³-hybridized carbons (Fsp3) is 0.304. The monoisotopic (exact) mass is 378 g/mol. The first-order chi connectivity index (χ1) is 13.4. The van der Waals surface area contributed by atoms with Gasteiger partial charge in [-0.05, 0) is 68.1 Å². The third-order valence-electron chi connectivity index (χ3n) is 4.56. The second kappa shape index (κ2) is 8.30. The summed E-state index contributed by atoms with van der Waals surface area (Å²) >= 11 is 0. The third kappa shape index (κ3) is 3.93. The molecule has 0 saturated heterocycles. The molecule has 0 aromatic heterocycles. The van der Waals surface area contributed by atoms with E-state index in [9.17, 15) is 9.59 Å². The highest BCUT2D eigenvalue weighted by atomic mass is 16.5. The number of rotatable bonds is 7. The maximum absolute atomic E-state index is 13.0.